The molecule has 1 aromatic heterocycles. The van der Waals surface area contributed by atoms with Crippen molar-refractivity contribution in [1.29, 1.82) is 0 Å². The third-order valence-electron chi connectivity index (χ3n) is 4.81. The van der Waals surface area contributed by atoms with Crippen molar-refractivity contribution in [3.05, 3.63) is 93.0 Å². The molecule has 1 heterocycles. The maximum atomic E-state index is 12.7. The van der Waals surface area contributed by atoms with Crippen molar-refractivity contribution in [3.63, 3.8) is 0 Å². The Morgan fingerprint density at radius 3 is 2.55 bits per heavy atom. The van der Waals surface area contributed by atoms with Gasteiger partial charge in [-0.15, -0.1) is 0 Å². The number of hydrogen-bond donors (Lipinski definition) is 1. The lowest BCUT2D eigenvalue weighted by Gasteiger charge is -2.09. The zero-order chi connectivity index (χ0) is 22.2. The van der Waals surface area contributed by atoms with Gasteiger partial charge in [-0.3, -0.25) is 9.48 Å². The van der Waals surface area contributed by atoms with Crippen molar-refractivity contribution >= 4 is 54.4 Å². The number of aryl methyl sites for hydroxylation is 1. The number of carbonyl (C=O) groups is 1. The summed E-state index contributed by atoms with van der Waals surface area (Å²) in [6.45, 7) is 2.28. The summed E-state index contributed by atoms with van der Waals surface area (Å²) in [5, 5.41) is 6.03. The van der Waals surface area contributed by atoms with E-state index in [1.165, 1.54) is 12.1 Å². The van der Waals surface area contributed by atoms with Crippen molar-refractivity contribution in [1.82, 2.24) is 14.5 Å². The predicted octanol–water partition coefficient (Wildman–Crippen LogP) is 4.93. The number of benzene rings is 3. The maximum absolute atomic E-state index is 12.7. The summed E-state index contributed by atoms with van der Waals surface area (Å²) >= 11 is 9.74. The zero-order valence-corrected chi connectivity index (χ0v) is 19.5. The summed E-state index contributed by atoms with van der Waals surface area (Å²) in [7, 11) is -3.97. The summed E-state index contributed by atoms with van der Waals surface area (Å²) < 4.78 is 29.7. The van der Waals surface area contributed by atoms with Gasteiger partial charge in [0.15, 0.2) is 0 Å². The molecule has 0 aliphatic carbocycles. The monoisotopic (exact) mass is 517 g/mol. The van der Waals surface area contributed by atoms with E-state index in [4.69, 9.17) is 11.6 Å². The standard InChI is InChI=1S/C22H17BrClN3O3S/c1-14-19-10-8-15(22(28)26-31(29,30)18-5-3-2-4-6-18)11-21(19)27(25-14)13-16-7-9-17(23)12-20(16)24/h2-12H,13H2,1H3,(H,26,28). The van der Waals surface area contributed by atoms with Crippen LogP contribution in [0, 0.1) is 6.92 Å². The second-order valence-electron chi connectivity index (χ2n) is 6.96. The SMILES string of the molecule is Cc1nn(Cc2ccc(Br)cc2Cl)c2cc(C(=O)NS(=O)(=O)c3ccccc3)ccc12. The second kappa shape index (κ2) is 8.45. The number of fused-ring (bicyclic) bond motifs is 1. The van der Waals surface area contributed by atoms with Crippen LogP contribution in [0.1, 0.15) is 21.6 Å². The zero-order valence-electron chi connectivity index (χ0n) is 16.3. The maximum Gasteiger partial charge on any atom is 0.265 e. The van der Waals surface area contributed by atoms with Gasteiger partial charge in [0.2, 0.25) is 0 Å². The third kappa shape index (κ3) is 4.51. The van der Waals surface area contributed by atoms with Crippen molar-refractivity contribution in [2.24, 2.45) is 0 Å². The fourth-order valence-electron chi connectivity index (χ4n) is 3.25. The first kappa shape index (κ1) is 21.5. The van der Waals surface area contributed by atoms with Gasteiger partial charge in [-0.2, -0.15) is 5.10 Å². The molecule has 4 rings (SSSR count). The first-order chi connectivity index (χ1) is 14.7. The van der Waals surface area contributed by atoms with Gasteiger partial charge < -0.3 is 0 Å². The predicted molar refractivity (Wildman–Crippen MR) is 124 cm³/mol. The summed E-state index contributed by atoms with van der Waals surface area (Å²) in [5.74, 6) is -0.710. The van der Waals surface area contributed by atoms with Crippen LogP contribution in [0.2, 0.25) is 5.02 Å². The second-order valence-corrected chi connectivity index (χ2v) is 9.96. The van der Waals surface area contributed by atoms with Gasteiger partial charge in [0, 0.05) is 20.4 Å². The molecule has 0 atom stereocenters. The number of rotatable bonds is 5. The van der Waals surface area contributed by atoms with Gasteiger partial charge in [0.05, 0.1) is 22.7 Å². The third-order valence-corrected chi connectivity index (χ3v) is 7.01. The molecule has 31 heavy (non-hydrogen) atoms. The van der Waals surface area contributed by atoms with Gasteiger partial charge in [-0.05, 0) is 48.9 Å². The smallest absolute Gasteiger partial charge is 0.265 e. The van der Waals surface area contributed by atoms with E-state index in [0.29, 0.717) is 17.1 Å². The van der Waals surface area contributed by atoms with Gasteiger partial charge in [0.25, 0.3) is 15.9 Å². The Bertz CT molecular complexity index is 1400. The number of carbonyl (C=O) groups excluding carboxylic acids is 1. The first-order valence-corrected chi connectivity index (χ1v) is 11.9. The number of halogens is 2. The Labute approximate surface area is 193 Å². The Hall–Kier alpha value is -2.68. The number of nitrogens with zero attached hydrogens (tertiary/aromatic N) is 2. The fourth-order valence-corrected chi connectivity index (χ4v) is 4.98. The van der Waals surface area contributed by atoms with E-state index >= 15 is 0 Å². The van der Waals surface area contributed by atoms with Crippen LogP contribution in [0.15, 0.2) is 76.1 Å². The molecule has 1 amide bonds. The molecule has 0 radical (unpaired) electrons. The fraction of sp³-hybridized carbons (Fsp3) is 0.0909. The average Bonchev–Trinajstić information content (AvgIpc) is 3.05. The minimum Gasteiger partial charge on any atom is -0.268 e. The van der Waals surface area contributed by atoms with Crippen LogP contribution in [0.3, 0.4) is 0 Å². The lowest BCUT2D eigenvalue weighted by atomic mass is 10.1. The molecule has 0 unspecified atom stereocenters. The molecule has 0 bridgehead atoms. The van der Waals surface area contributed by atoms with Crippen molar-refractivity contribution in [2.45, 2.75) is 18.4 Å². The molecule has 6 nitrogen and oxygen atoms in total. The molecule has 3 aromatic carbocycles. The molecule has 0 saturated heterocycles. The molecule has 158 valence electrons. The van der Waals surface area contributed by atoms with Gasteiger partial charge in [-0.25, -0.2) is 13.1 Å². The van der Waals surface area contributed by atoms with Gasteiger partial charge in [0.1, 0.15) is 0 Å². The van der Waals surface area contributed by atoms with E-state index in [9.17, 15) is 13.2 Å². The van der Waals surface area contributed by atoms with Crippen LogP contribution in [-0.2, 0) is 16.6 Å². The topological polar surface area (TPSA) is 81.1 Å². The Morgan fingerprint density at radius 1 is 1.10 bits per heavy atom. The highest BCUT2D eigenvalue weighted by Gasteiger charge is 2.19. The molecule has 0 fully saturated rings. The van der Waals surface area contributed by atoms with E-state index in [1.54, 1.807) is 41.1 Å². The molecule has 0 spiro atoms. The molecule has 0 aliphatic rings. The summed E-state index contributed by atoms with van der Waals surface area (Å²) in [5.41, 5.74) is 2.60. The number of sulfonamides is 1. The Kier molecular flexibility index (Phi) is 5.88. The van der Waals surface area contributed by atoms with E-state index < -0.39 is 15.9 Å². The normalized spacial score (nSPS) is 11.6. The highest BCUT2D eigenvalue weighted by atomic mass is 79.9. The van der Waals surface area contributed by atoms with E-state index in [2.05, 4.69) is 25.8 Å². The highest BCUT2D eigenvalue weighted by Crippen LogP contribution is 2.25. The summed E-state index contributed by atoms with van der Waals surface area (Å²) in [6.07, 6.45) is 0. The molecule has 4 aromatic rings. The van der Waals surface area contributed by atoms with Crippen LogP contribution >= 0.6 is 27.5 Å². The molecule has 0 aliphatic heterocycles. The highest BCUT2D eigenvalue weighted by molar-refractivity contribution is 9.10. The molecular weight excluding hydrogens is 502 g/mol. The first-order valence-electron chi connectivity index (χ1n) is 9.28. The minimum absolute atomic E-state index is 0.0233. The van der Waals surface area contributed by atoms with Crippen molar-refractivity contribution in [2.75, 3.05) is 0 Å². The quantitative estimate of drug-likeness (QED) is 0.406. The van der Waals surface area contributed by atoms with E-state index in [1.807, 2.05) is 25.1 Å². The number of hydrogen-bond acceptors (Lipinski definition) is 4. The van der Waals surface area contributed by atoms with Crippen LogP contribution in [-0.4, -0.2) is 24.1 Å². The van der Waals surface area contributed by atoms with Gasteiger partial charge >= 0.3 is 0 Å². The lowest BCUT2D eigenvalue weighted by molar-refractivity contribution is 0.0981. The minimum atomic E-state index is -3.97. The largest absolute Gasteiger partial charge is 0.268 e. The Balaban J connectivity index is 1.67. The van der Waals surface area contributed by atoms with Gasteiger partial charge in [-0.1, -0.05) is 57.9 Å². The summed E-state index contributed by atoms with van der Waals surface area (Å²) in [4.78, 5) is 12.7. The van der Waals surface area contributed by atoms with E-state index in [-0.39, 0.29) is 10.5 Å². The molecule has 1 N–H and O–H groups in total. The Morgan fingerprint density at radius 2 is 1.84 bits per heavy atom. The average molecular weight is 519 g/mol. The van der Waals surface area contributed by atoms with Crippen LogP contribution < -0.4 is 4.72 Å². The molecule has 0 saturated carbocycles. The number of nitrogens with one attached hydrogen (secondary N) is 1. The van der Waals surface area contributed by atoms with Crippen molar-refractivity contribution in [3.8, 4) is 0 Å². The molecular formula is C22H17BrClN3O3S. The summed E-state index contributed by atoms with van der Waals surface area (Å²) in [6, 6.07) is 18.4. The molecule has 9 heteroatoms. The lowest BCUT2D eigenvalue weighted by Crippen LogP contribution is -2.30. The number of amides is 1. The van der Waals surface area contributed by atoms with Crippen LogP contribution in [0.25, 0.3) is 10.9 Å². The van der Waals surface area contributed by atoms with Crippen LogP contribution in [0.5, 0.6) is 0 Å². The number of aromatic nitrogens is 2. The van der Waals surface area contributed by atoms with Crippen molar-refractivity contribution < 1.29 is 13.2 Å². The van der Waals surface area contributed by atoms with E-state index in [0.717, 1.165) is 21.1 Å². The van der Waals surface area contributed by atoms with Crippen LogP contribution in [0.4, 0.5) is 0 Å².